The summed E-state index contributed by atoms with van der Waals surface area (Å²) in [5.74, 6) is 0. The van der Waals surface area contributed by atoms with Crippen molar-refractivity contribution in [2.75, 3.05) is 37.3 Å². The van der Waals surface area contributed by atoms with Crippen LogP contribution in [0.4, 0.5) is 11.4 Å². The van der Waals surface area contributed by atoms with E-state index in [4.69, 9.17) is 11.6 Å². The molecule has 0 aliphatic carbocycles. The van der Waals surface area contributed by atoms with Gasteiger partial charge in [0.1, 0.15) is 5.69 Å². The molecule has 3 rings (SSSR count). The minimum atomic E-state index is -3.50. The van der Waals surface area contributed by atoms with Crippen molar-refractivity contribution in [3.05, 3.63) is 63.2 Å². The Kier molecular flexibility index (Phi) is 5.92. The summed E-state index contributed by atoms with van der Waals surface area (Å²) in [6, 6.07) is 12.1. The van der Waals surface area contributed by atoms with Gasteiger partial charge in [-0.25, -0.2) is 8.42 Å². The van der Waals surface area contributed by atoms with E-state index in [0.29, 0.717) is 23.8 Å². The maximum absolute atomic E-state index is 11.7. The molecule has 1 saturated heterocycles. The van der Waals surface area contributed by atoms with Crippen molar-refractivity contribution in [3.63, 3.8) is 0 Å². The summed E-state index contributed by atoms with van der Waals surface area (Å²) in [5, 5.41) is 12.2. The first-order chi connectivity index (χ1) is 13.2. The third-order valence-electron chi connectivity index (χ3n) is 5.13. The predicted molar refractivity (Wildman–Crippen MR) is 110 cm³/mol. The summed E-state index contributed by atoms with van der Waals surface area (Å²) in [6.45, 7) is 4.86. The zero-order valence-corrected chi connectivity index (χ0v) is 17.3. The Labute approximate surface area is 169 Å². The molecule has 0 N–H and O–H groups in total. The fourth-order valence-electron chi connectivity index (χ4n) is 3.45. The van der Waals surface area contributed by atoms with E-state index in [1.807, 2.05) is 29.2 Å². The minimum Gasteiger partial charge on any atom is -0.363 e. The van der Waals surface area contributed by atoms with Crippen molar-refractivity contribution < 1.29 is 13.3 Å². The summed E-state index contributed by atoms with van der Waals surface area (Å²) >= 11 is 5.96. The summed E-state index contributed by atoms with van der Waals surface area (Å²) in [4.78, 5) is 15.2. The number of hydrogen-bond acceptors (Lipinski definition) is 6. The van der Waals surface area contributed by atoms with Crippen LogP contribution in [-0.2, 0) is 9.84 Å². The molecular weight excluding hydrogens is 402 g/mol. The summed E-state index contributed by atoms with van der Waals surface area (Å²) < 4.78 is 23.4. The van der Waals surface area contributed by atoms with Gasteiger partial charge in [0.2, 0.25) is 0 Å². The van der Waals surface area contributed by atoms with E-state index in [-0.39, 0.29) is 16.6 Å². The molecule has 9 heteroatoms. The van der Waals surface area contributed by atoms with Crippen LogP contribution < -0.4 is 4.90 Å². The van der Waals surface area contributed by atoms with Crippen LogP contribution in [0.15, 0.2) is 47.4 Å². The Balaban J connectivity index is 1.76. The summed E-state index contributed by atoms with van der Waals surface area (Å²) in [7, 11) is -3.50. The molecule has 1 unspecified atom stereocenters. The van der Waals surface area contributed by atoms with Gasteiger partial charge in [-0.3, -0.25) is 15.0 Å². The van der Waals surface area contributed by atoms with E-state index < -0.39 is 14.8 Å². The van der Waals surface area contributed by atoms with Crippen molar-refractivity contribution in [2.45, 2.75) is 17.9 Å². The van der Waals surface area contributed by atoms with Crippen molar-refractivity contribution in [2.24, 2.45) is 0 Å². The van der Waals surface area contributed by atoms with Gasteiger partial charge in [0.05, 0.1) is 9.82 Å². The smallest absolute Gasteiger partial charge is 0.293 e. The van der Waals surface area contributed by atoms with Crippen LogP contribution >= 0.6 is 11.6 Å². The van der Waals surface area contributed by atoms with E-state index in [2.05, 4.69) is 11.8 Å². The number of anilines is 1. The van der Waals surface area contributed by atoms with E-state index in [1.165, 1.54) is 17.7 Å². The lowest BCUT2D eigenvalue weighted by atomic mass is 10.1. The first-order valence-electron chi connectivity index (χ1n) is 8.90. The normalized spacial score (nSPS) is 16.8. The molecule has 28 heavy (non-hydrogen) atoms. The number of piperazine rings is 1. The third-order valence-corrected chi connectivity index (χ3v) is 6.49. The van der Waals surface area contributed by atoms with E-state index in [0.717, 1.165) is 25.4 Å². The van der Waals surface area contributed by atoms with Crippen LogP contribution in [-0.4, -0.2) is 50.7 Å². The Bertz CT molecular complexity index is 971. The van der Waals surface area contributed by atoms with Crippen LogP contribution in [0.5, 0.6) is 0 Å². The van der Waals surface area contributed by atoms with Gasteiger partial charge < -0.3 is 4.90 Å². The molecule has 1 heterocycles. The highest BCUT2D eigenvalue weighted by Gasteiger charge is 2.27. The van der Waals surface area contributed by atoms with Crippen LogP contribution in [0.3, 0.4) is 0 Å². The monoisotopic (exact) mass is 423 g/mol. The van der Waals surface area contributed by atoms with Gasteiger partial charge in [0, 0.05) is 49.6 Å². The van der Waals surface area contributed by atoms with Gasteiger partial charge in [-0.1, -0.05) is 23.7 Å². The number of hydrogen-bond donors (Lipinski definition) is 0. The Hall–Kier alpha value is -2.16. The number of rotatable bonds is 5. The highest BCUT2D eigenvalue weighted by atomic mass is 35.5. The Morgan fingerprint density at radius 2 is 1.68 bits per heavy atom. The van der Waals surface area contributed by atoms with Gasteiger partial charge in [0.15, 0.2) is 9.84 Å². The highest BCUT2D eigenvalue weighted by Crippen LogP contribution is 2.32. The van der Waals surface area contributed by atoms with Crippen molar-refractivity contribution in [1.29, 1.82) is 0 Å². The predicted octanol–water partition coefficient (Wildman–Crippen LogP) is 3.53. The molecule has 1 atom stereocenters. The standard InChI is InChI=1S/C19H22ClN3O4S/c1-14(15-3-5-16(20)6-4-15)21-9-11-22(12-10-21)18-8-7-17(28(2,26)27)13-19(18)23(24)25/h3-8,13-14H,9-12H2,1-2H3. The molecule has 7 nitrogen and oxygen atoms in total. The zero-order chi connectivity index (χ0) is 20.5. The summed E-state index contributed by atoms with van der Waals surface area (Å²) in [6.07, 6.45) is 1.04. The zero-order valence-electron chi connectivity index (χ0n) is 15.7. The second-order valence-electron chi connectivity index (χ2n) is 6.93. The van der Waals surface area contributed by atoms with Crippen LogP contribution in [0.2, 0.25) is 5.02 Å². The fraction of sp³-hybridized carbons (Fsp3) is 0.368. The number of nitro groups is 1. The molecule has 2 aromatic rings. The van der Waals surface area contributed by atoms with Gasteiger partial charge in [-0.05, 0) is 36.8 Å². The first-order valence-corrected chi connectivity index (χ1v) is 11.2. The van der Waals surface area contributed by atoms with Gasteiger partial charge in [-0.2, -0.15) is 0 Å². The lowest BCUT2D eigenvalue weighted by molar-refractivity contribution is -0.384. The van der Waals surface area contributed by atoms with E-state index in [1.54, 1.807) is 0 Å². The van der Waals surface area contributed by atoms with Crippen LogP contribution in [0.25, 0.3) is 0 Å². The molecule has 1 aliphatic rings. The minimum absolute atomic E-state index is 0.0436. The van der Waals surface area contributed by atoms with Crippen LogP contribution in [0, 0.1) is 10.1 Å². The second-order valence-corrected chi connectivity index (χ2v) is 9.38. The number of sulfone groups is 1. The Morgan fingerprint density at radius 3 is 2.21 bits per heavy atom. The topological polar surface area (TPSA) is 83.8 Å². The molecule has 150 valence electrons. The molecule has 2 aromatic carbocycles. The fourth-order valence-corrected chi connectivity index (χ4v) is 4.22. The molecular formula is C19H22ClN3O4S. The quantitative estimate of drug-likeness (QED) is 0.540. The van der Waals surface area contributed by atoms with Gasteiger partial charge in [0.25, 0.3) is 5.69 Å². The molecule has 0 spiro atoms. The average molecular weight is 424 g/mol. The highest BCUT2D eigenvalue weighted by molar-refractivity contribution is 7.90. The van der Waals surface area contributed by atoms with Gasteiger partial charge in [-0.15, -0.1) is 0 Å². The SMILES string of the molecule is CC(c1ccc(Cl)cc1)N1CCN(c2ccc(S(C)(=O)=O)cc2[N+](=O)[O-])CC1. The molecule has 0 amide bonds. The van der Waals surface area contributed by atoms with E-state index >= 15 is 0 Å². The van der Waals surface area contributed by atoms with Crippen molar-refractivity contribution in [1.82, 2.24) is 4.90 Å². The molecule has 0 bridgehead atoms. The number of nitrogens with zero attached hydrogens (tertiary/aromatic N) is 3. The van der Waals surface area contributed by atoms with Crippen molar-refractivity contribution >= 4 is 32.8 Å². The lowest BCUT2D eigenvalue weighted by Crippen LogP contribution is -2.47. The molecule has 0 aromatic heterocycles. The molecule has 0 saturated carbocycles. The first kappa shape index (κ1) is 20.6. The number of nitro benzene ring substituents is 1. The van der Waals surface area contributed by atoms with Gasteiger partial charge >= 0.3 is 0 Å². The largest absolute Gasteiger partial charge is 0.363 e. The molecule has 0 radical (unpaired) electrons. The van der Waals surface area contributed by atoms with Crippen LogP contribution in [0.1, 0.15) is 18.5 Å². The molecule has 1 fully saturated rings. The maximum Gasteiger partial charge on any atom is 0.293 e. The number of halogens is 1. The lowest BCUT2D eigenvalue weighted by Gasteiger charge is -2.39. The molecule has 1 aliphatic heterocycles. The maximum atomic E-state index is 11.7. The third kappa shape index (κ3) is 4.45. The average Bonchev–Trinajstić information content (AvgIpc) is 2.67. The van der Waals surface area contributed by atoms with Crippen molar-refractivity contribution in [3.8, 4) is 0 Å². The Morgan fingerprint density at radius 1 is 1.07 bits per heavy atom. The van der Waals surface area contributed by atoms with E-state index in [9.17, 15) is 18.5 Å². The number of benzene rings is 2. The second kappa shape index (κ2) is 8.06. The summed E-state index contributed by atoms with van der Waals surface area (Å²) in [5.41, 5.74) is 1.44.